The summed E-state index contributed by atoms with van der Waals surface area (Å²) in [6.45, 7) is 4.91. The molecule has 6 nitrogen and oxygen atoms in total. The molecule has 0 aliphatic carbocycles. The number of hydrogen-bond donors (Lipinski definition) is 1. The Hall–Kier alpha value is -2.51. The number of sulfone groups is 1. The molecule has 0 saturated carbocycles. The molecule has 0 spiro atoms. The summed E-state index contributed by atoms with van der Waals surface area (Å²) in [6.07, 6.45) is 0. The molecular weight excluding hydrogens is 348 g/mol. The van der Waals surface area contributed by atoms with E-state index in [9.17, 15) is 8.42 Å². The van der Waals surface area contributed by atoms with Crippen LogP contribution in [0.25, 0.3) is 11.0 Å². The Morgan fingerprint density at radius 1 is 0.923 bits per heavy atom. The van der Waals surface area contributed by atoms with E-state index in [4.69, 9.17) is 0 Å². The highest BCUT2D eigenvalue weighted by molar-refractivity contribution is 7.91. The summed E-state index contributed by atoms with van der Waals surface area (Å²) in [5.41, 5.74) is 2.29. The van der Waals surface area contributed by atoms with Crippen molar-refractivity contribution >= 4 is 26.7 Å². The van der Waals surface area contributed by atoms with Gasteiger partial charge in [0.2, 0.25) is 14.9 Å². The number of aryl methyl sites for hydroxylation is 1. The van der Waals surface area contributed by atoms with Crippen molar-refractivity contribution in [3.05, 3.63) is 54.1 Å². The lowest BCUT2D eigenvalue weighted by Gasteiger charge is -2.29. The van der Waals surface area contributed by atoms with Gasteiger partial charge in [0.25, 0.3) is 0 Å². The molecule has 0 bridgehead atoms. The monoisotopic (exact) mass is 368 g/mol. The predicted octanol–water partition coefficient (Wildman–Crippen LogP) is 2.18. The Balaban J connectivity index is 1.92. The molecule has 0 unspecified atom stereocenters. The molecule has 4 rings (SSSR count). The van der Waals surface area contributed by atoms with E-state index in [0.717, 1.165) is 18.7 Å². The maximum atomic E-state index is 13.3. The van der Waals surface area contributed by atoms with Gasteiger partial charge in [-0.05, 0) is 31.2 Å². The third-order valence-electron chi connectivity index (χ3n) is 4.52. The van der Waals surface area contributed by atoms with Gasteiger partial charge in [-0.1, -0.05) is 29.8 Å². The lowest BCUT2D eigenvalue weighted by molar-refractivity contribution is 0.572. The molecule has 7 heteroatoms. The topological polar surface area (TPSA) is 75.2 Å². The molecule has 1 aromatic heterocycles. The van der Waals surface area contributed by atoms with Gasteiger partial charge in [0.05, 0.1) is 15.9 Å². The van der Waals surface area contributed by atoms with Gasteiger partial charge in [-0.15, -0.1) is 0 Å². The van der Waals surface area contributed by atoms with Crippen molar-refractivity contribution in [3.63, 3.8) is 0 Å². The normalized spacial score (nSPS) is 15.3. The first-order valence-electron chi connectivity index (χ1n) is 8.60. The molecule has 134 valence electrons. The van der Waals surface area contributed by atoms with Crippen molar-refractivity contribution in [2.45, 2.75) is 16.8 Å². The van der Waals surface area contributed by atoms with E-state index < -0.39 is 9.84 Å². The minimum Gasteiger partial charge on any atom is -0.352 e. The smallest absolute Gasteiger partial charge is 0.227 e. The van der Waals surface area contributed by atoms with Crippen molar-refractivity contribution in [1.29, 1.82) is 0 Å². The summed E-state index contributed by atoms with van der Waals surface area (Å²) in [7, 11) is -3.76. The van der Waals surface area contributed by atoms with Crippen molar-refractivity contribution in [3.8, 4) is 0 Å². The zero-order valence-corrected chi connectivity index (χ0v) is 15.3. The zero-order chi connectivity index (χ0) is 18.1. The standard InChI is InChI=1S/C19H20N4O2S/c1-14-6-8-15(9-7-14)26(24,25)19-18(23-12-10-20-11-13-23)21-16-4-2-3-5-17(16)22-19/h2-9,20H,10-13H2,1H3. The van der Waals surface area contributed by atoms with Crippen LogP contribution in [0.2, 0.25) is 0 Å². The van der Waals surface area contributed by atoms with E-state index in [0.29, 0.717) is 29.9 Å². The summed E-state index contributed by atoms with van der Waals surface area (Å²) in [5.74, 6) is 0.436. The van der Waals surface area contributed by atoms with Gasteiger partial charge in [-0.3, -0.25) is 0 Å². The van der Waals surface area contributed by atoms with E-state index in [-0.39, 0.29) is 9.92 Å². The van der Waals surface area contributed by atoms with Crippen LogP contribution >= 0.6 is 0 Å². The van der Waals surface area contributed by atoms with Gasteiger partial charge in [-0.25, -0.2) is 18.4 Å². The van der Waals surface area contributed by atoms with Gasteiger partial charge in [0.15, 0.2) is 5.82 Å². The number of nitrogens with zero attached hydrogens (tertiary/aromatic N) is 3. The second-order valence-electron chi connectivity index (χ2n) is 6.39. The largest absolute Gasteiger partial charge is 0.352 e. The quantitative estimate of drug-likeness (QED) is 0.764. The summed E-state index contributed by atoms with van der Waals surface area (Å²) in [4.78, 5) is 11.4. The number of rotatable bonds is 3. The molecule has 26 heavy (non-hydrogen) atoms. The van der Waals surface area contributed by atoms with Gasteiger partial charge >= 0.3 is 0 Å². The molecule has 0 amide bonds. The lowest BCUT2D eigenvalue weighted by Crippen LogP contribution is -2.44. The van der Waals surface area contributed by atoms with Gasteiger partial charge in [-0.2, -0.15) is 0 Å². The van der Waals surface area contributed by atoms with Gasteiger partial charge in [0, 0.05) is 26.2 Å². The lowest BCUT2D eigenvalue weighted by atomic mass is 10.2. The van der Waals surface area contributed by atoms with E-state index >= 15 is 0 Å². The highest BCUT2D eigenvalue weighted by Crippen LogP contribution is 2.29. The number of para-hydroxylation sites is 2. The van der Waals surface area contributed by atoms with Crippen molar-refractivity contribution in [1.82, 2.24) is 15.3 Å². The van der Waals surface area contributed by atoms with Gasteiger partial charge in [0.1, 0.15) is 0 Å². The highest BCUT2D eigenvalue weighted by atomic mass is 32.2. The molecule has 1 aliphatic rings. The average Bonchev–Trinajstić information content (AvgIpc) is 2.68. The van der Waals surface area contributed by atoms with Crippen LogP contribution in [0.4, 0.5) is 5.82 Å². The fourth-order valence-electron chi connectivity index (χ4n) is 3.07. The molecule has 1 saturated heterocycles. The molecule has 2 aromatic carbocycles. The Labute approximate surface area is 152 Å². The van der Waals surface area contributed by atoms with Crippen LogP contribution in [-0.2, 0) is 9.84 Å². The number of anilines is 1. The van der Waals surface area contributed by atoms with E-state index in [1.165, 1.54) is 0 Å². The van der Waals surface area contributed by atoms with Crippen molar-refractivity contribution in [2.24, 2.45) is 0 Å². The van der Waals surface area contributed by atoms with E-state index in [1.807, 2.05) is 30.0 Å². The molecule has 2 heterocycles. The maximum absolute atomic E-state index is 13.3. The van der Waals surface area contributed by atoms with Crippen LogP contribution in [-0.4, -0.2) is 44.6 Å². The first-order valence-corrected chi connectivity index (χ1v) is 10.1. The number of hydrogen-bond acceptors (Lipinski definition) is 6. The van der Waals surface area contributed by atoms with Crippen LogP contribution in [0.1, 0.15) is 5.56 Å². The summed E-state index contributed by atoms with van der Waals surface area (Å²) >= 11 is 0. The average molecular weight is 368 g/mol. The van der Waals surface area contributed by atoms with Crippen LogP contribution in [0.15, 0.2) is 58.5 Å². The zero-order valence-electron chi connectivity index (χ0n) is 14.5. The molecule has 3 aromatic rings. The number of aromatic nitrogens is 2. The molecule has 1 fully saturated rings. The SMILES string of the molecule is Cc1ccc(S(=O)(=O)c2nc3ccccc3nc2N2CCNCC2)cc1. The highest BCUT2D eigenvalue weighted by Gasteiger charge is 2.28. The molecule has 1 aliphatic heterocycles. The van der Waals surface area contributed by atoms with Gasteiger partial charge < -0.3 is 10.2 Å². The van der Waals surface area contributed by atoms with Crippen molar-refractivity contribution < 1.29 is 8.42 Å². The molecule has 0 atom stereocenters. The molecule has 0 radical (unpaired) electrons. The summed E-state index contributed by atoms with van der Waals surface area (Å²) < 4.78 is 26.6. The number of fused-ring (bicyclic) bond motifs is 1. The first-order chi connectivity index (χ1) is 12.6. The Kier molecular flexibility index (Phi) is 4.34. The minimum atomic E-state index is -3.76. The number of benzene rings is 2. The Morgan fingerprint density at radius 3 is 2.19 bits per heavy atom. The second-order valence-corrected chi connectivity index (χ2v) is 8.26. The second kappa shape index (κ2) is 6.66. The van der Waals surface area contributed by atoms with Crippen LogP contribution in [0, 0.1) is 6.92 Å². The summed E-state index contributed by atoms with van der Waals surface area (Å²) in [5, 5.41) is 3.31. The number of piperazine rings is 1. The van der Waals surface area contributed by atoms with Crippen LogP contribution in [0.5, 0.6) is 0 Å². The number of nitrogens with one attached hydrogen (secondary N) is 1. The van der Waals surface area contributed by atoms with Crippen molar-refractivity contribution in [2.75, 3.05) is 31.1 Å². The maximum Gasteiger partial charge on any atom is 0.227 e. The summed E-state index contributed by atoms with van der Waals surface area (Å²) in [6, 6.07) is 14.2. The first kappa shape index (κ1) is 16.9. The van der Waals surface area contributed by atoms with E-state index in [2.05, 4.69) is 15.3 Å². The fourth-order valence-corrected chi connectivity index (χ4v) is 4.42. The van der Waals surface area contributed by atoms with Crippen LogP contribution in [0.3, 0.4) is 0 Å². The van der Waals surface area contributed by atoms with Crippen LogP contribution < -0.4 is 10.2 Å². The van der Waals surface area contributed by atoms with E-state index in [1.54, 1.807) is 30.3 Å². The Morgan fingerprint density at radius 2 is 1.54 bits per heavy atom. The molecule has 1 N–H and O–H groups in total. The molecular formula is C19H20N4O2S. The third-order valence-corrected chi connectivity index (χ3v) is 6.20. The predicted molar refractivity (Wildman–Crippen MR) is 101 cm³/mol. The third kappa shape index (κ3) is 3.04. The minimum absolute atomic E-state index is 0.0296. The Bertz CT molecular complexity index is 1040. The fraction of sp³-hybridized carbons (Fsp3) is 0.263.